The molecule has 1 aromatic heterocycles. The lowest BCUT2D eigenvalue weighted by atomic mass is 10.1. The van der Waals surface area contributed by atoms with Gasteiger partial charge in [0.15, 0.2) is 12.4 Å². The van der Waals surface area contributed by atoms with Gasteiger partial charge in [-0.05, 0) is 30.3 Å². The molecular formula is C23H17N3O5. The number of carbonyl (C=O) groups is 3. The zero-order valence-corrected chi connectivity index (χ0v) is 16.2. The highest BCUT2D eigenvalue weighted by molar-refractivity contribution is 6.04. The van der Waals surface area contributed by atoms with Gasteiger partial charge in [0.1, 0.15) is 5.52 Å². The summed E-state index contributed by atoms with van der Waals surface area (Å²) in [5.41, 5.74) is 7.36. The Morgan fingerprint density at radius 2 is 1.71 bits per heavy atom. The molecular weight excluding hydrogens is 398 g/mol. The second kappa shape index (κ2) is 8.50. The third-order valence-electron chi connectivity index (χ3n) is 4.55. The van der Waals surface area contributed by atoms with Crippen LogP contribution in [0.5, 0.6) is 0 Å². The quantitative estimate of drug-likeness (QED) is 0.465. The first-order valence-corrected chi connectivity index (χ1v) is 9.33. The van der Waals surface area contributed by atoms with E-state index < -0.39 is 24.4 Å². The first-order chi connectivity index (χ1) is 15.0. The van der Waals surface area contributed by atoms with Crippen molar-refractivity contribution in [2.45, 2.75) is 0 Å². The van der Waals surface area contributed by atoms with Crippen LogP contribution < -0.4 is 11.1 Å². The van der Waals surface area contributed by atoms with Gasteiger partial charge in [0.25, 0.3) is 11.8 Å². The van der Waals surface area contributed by atoms with E-state index in [2.05, 4.69) is 10.5 Å². The maximum absolute atomic E-state index is 12.5. The average Bonchev–Trinajstić information content (AvgIpc) is 3.21. The number of para-hydroxylation sites is 1. The molecule has 8 nitrogen and oxygen atoms in total. The lowest BCUT2D eigenvalue weighted by Gasteiger charge is -2.09. The Kier molecular flexibility index (Phi) is 5.44. The molecule has 4 aromatic rings. The number of fused-ring (bicyclic) bond motifs is 1. The maximum Gasteiger partial charge on any atom is 0.338 e. The summed E-state index contributed by atoms with van der Waals surface area (Å²) in [6, 6.07) is 20.5. The van der Waals surface area contributed by atoms with E-state index in [0.29, 0.717) is 16.7 Å². The fourth-order valence-corrected chi connectivity index (χ4v) is 3.07. The van der Waals surface area contributed by atoms with Crippen molar-refractivity contribution in [2.75, 3.05) is 11.9 Å². The molecule has 0 unspecified atom stereocenters. The van der Waals surface area contributed by atoms with E-state index in [1.807, 2.05) is 30.3 Å². The SMILES string of the molecule is NC(=O)c1ccccc1NC(=O)COC(=O)c1ccc2noc(-c3ccccc3)c2c1. The molecule has 0 atom stereocenters. The van der Waals surface area contributed by atoms with Gasteiger partial charge in [0.05, 0.1) is 22.2 Å². The lowest BCUT2D eigenvalue weighted by Crippen LogP contribution is -2.23. The fourth-order valence-electron chi connectivity index (χ4n) is 3.07. The number of nitrogens with two attached hydrogens (primary N) is 1. The largest absolute Gasteiger partial charge is 0.452 e. The monoisotopic (exact) mass is 415 g/mol. The maximum atomic E-state index is 12.5. The van der Waals surface area contributed by atoms with Crippen molar-refractivity contribution in [1.82, 2.24) is 5.16 Å². The van der Waals surface area contributed by atoms with E-state index >= 15 is 0 Å². The first kappa shape index (κ1) is 19.8. The van der Waals surface area contributed by atoms with E-state index in [1.54, 1.807) is 30.3 Å². The average molecular weight is 415 g/mol. The predicted octanol–water partition coefficient (Wildman–Crippen LogP) is 3.39. The Labute approximate surface area is 176 Å². The van der Waals surface area contributed by atoms with Gasteiger partial charge in [-0.2, -0.15) is 0 Å². The van der Waals surface area contributed by atoms with Crippen molar-refractivity contribution < 1.29 is 23.6 Å². The van der Waals surface area contributed by atoms with Crippen molar-refractivity contribution in [3.8, 4) is 11.3 Å². The van der Waals surface area contributed by atoms with Gasteiger partial charge >= 0.3 is 5.97 Å². The van der Waals surface area contributed by atoms with E-state index in [9.17, 15) is 14.4 Å². The number of rotatable bonds is 6. The van der Waals surface area contributed by atoms with Gasteiger partial charge < -0.3 is 20.3 Å². The number of nitrogens with one attached hydrogen (secondary N) is 1. The number of benzene rings is 3. The van der Waals surface area contributed by atoms with Crippen molar-refractivity contribution in [2.24, 2.45) is 5.73 Å². The summed E-state index contributed by atoms with van der Waals surface area (Å²) >= 11 is 0. The molecule has 31 heavy (non-hydrogen) atoms. The Morgan fingerprint density at radius 3 is 2.48 bits per heavy atom. The number of hydrogen-bond donors (Lipinski definition) is 2. The molecule has 0 saturated heterocycles. The zero-order chi connectivity index (χ0) is 21.8. The van der Waals surface area contributed by atoms with Crippen molar-refractivity contribution >= 4 is 34.4 Å². The van der Waals surface area contributed by atoms with Crippen LogP contribution >= 0.6 is 0 Å². The summed E-state index contributed by atoms with van der Waals surface area (Å²) in [5, 5.41) is 7.18. The van der Waals surface area contributed by atoms with Crippen LogP contribution in [0.2, 0.25) is 0 Å². The van der Waals surface area contributed by atoms with Gasteiger partial charge in [-0.15, -0.1) is 0 Å². The number of esters is 1. The molecule has 0 aliphatic heterocycles. The molecule has 0 bridgehead atoms. The molecule has 1 heterocycles. The third kappa shape index (κ3) is 4.27. The molecule has 0 spiro atoms. The van der Waals surface area contributed by atoms with E-state index in [-0.39, 0.29) is 16.8 Å². The van der Waals surface area contributed by atoms with Gasteiger partial charge in [0, 0.05) is 5.56 Å². The van der Waals surface area contributed by atoms with E-state index in [0.717, 1.165) is 5.56 Å². The number of amides is 2. The molecule has 8 heteroatoms. The second-order valence-electron chi connectivity index (χ2n) is 6.64. The van der Waals surface area contributed by atoms with Crippen LogP contribution in [0.1, 0.15) is 20.7 Å². The summed E-state index contributed by atoms with van der Waals surface area (Å²) in [6.45, 7) is -0.529. The minimum Gasteiger partial charge on any atom is -0.452 e. The molecule has 0 saturated carbocycles. The molecule has 0 aliphatic carbocycles. The number of hydrogen-bond acceptors (Lipinski definition) is 6. The van der Waals surface area contributed by atoms with Crippen molar-refractivity contribution in [1.29, 1.82) is 0 Å². The summed E-state index contributed by atoms with van der Waals surface area (Å²) < 4.78 is 10.5. The third-order valence-corrected chi connectivity index (χ3v) is 4.55. The van der Waals surface area contributed by atoms with E-state index in [1.165, 1.54) is 12.1 Å². The summed E-state index contributed by atoms with van der Waals surface area (Å²) in [6.07, 6.45) is 0. The number of ether oxygens (including phenoxy) is 1. The molecule has 2 amide bonds. The Balaban J connectivity index is 1.47. The highest BCUT2D eigenvalue weighted by Crippen LogP contribution is 2.29. The van der Waals surface area contributed by atoms with Gasteiger partial charge in [0.2, 0.25) is 0 Å². The standard InChI is InChI=1S/C23H17N3O5/c24-22(28)16-8-4-5-9-18(16)25-20(27)13-30-23(29)15-10-11-19-17(12-15)21(31-26-19)14-6-2-1-3-7-14/h1-12H,13H2,(H2,24,28)(H,25,27). The number of anilines is 1. The highest BCUT2D eigenvalue weighted by atomic mass is 16.5. The topological polar surface area (TPSA) is 125 Å². The van der Waals surface area contributed by atoms with Crippen LogP contribution in [0.4, 0.5) is 5.69 Å². The van der Waals surface area contributed by atoms with E-state index in [4.69, 9.17) is 15.0 Å². The summed E-state index contributed by atoms with van der Waals surface area (Å²) in [5.74, 6) is -1.42. The first-order valence-electron chi connectivity index (χ1n) is 9.33. The normalized spacial score (nSPS) is 10.6. The number of carbonyl (C=O) groups excluding carboxylic acids is 3. The molecule has 3 N–H and O–H groups in total. The molecule has 154 valence electrons. The molecule has 4 rings (SSSR count). The number of nitrogens with zero attached hydrogens (tertiary/aromatic N) is 1. The predicted molar refractivity (Wildman–Crippen MR) is 113 cm³/mol. The molecule has 3 aromatic carbocycles. The van der Waals surface area contributed by atoms with Crippen molar-refractivity contribution in [3.63, 3.8) is 0 Å². The Morgan fingerprint density at radius 1 is 0.968 bits per heavy atom. The Bertz CT molecular complexity index is 1280. The summed E-state index contributed by atoms with van der Waals surface area (Å²) in [4.78, 5) is 36.1. The number of primary amides is 1. The zero-order valence-electron chi connectivity index (χ0n) is 16.2. The molecule has 0 radical (unpaired) electrons. The Hall–Kier alpha value is -4.46. The van der Waals surface area contributed by atoms with Crippen LogP contribution in [-0.2, 0) is 9.53 Å². The number of aromatic nitrogens is 1. The van der Waals surface area contributed by atoms with Crippen LogP contribution in [0, 0.1) is 0 Å². The van der Waals surface area contributed by atoms with Crippen LogP contribution in [0.15, 0.2) is 77.3 Å². The van der Waals surface area contributed by atoms with Crippen LogP contribution in [0.25, 0.3) is 22.2 Å². The van der Waals surface area contributed by atoms with Gasteiger partial charge in [-0.1, -0.05) is 47.6 Å². The fraction of sp³-hybridized carbons (Fsp3) is 0.0435. The lowest BCUT2D eigenvalue weighted by molar-refractivity contribution is -0.119. The van der Waals surface area contributed by atoms with Crippen molar-refractivity contribution in [3.05, 3.63) is 83.9 Å². The van der Waals surface area contributed by atoms with Gasteiger partial charge in [-0.25, -0.2) is 4.79 Å². The minimum atomic E-state index is -0.680. The molecule has 0 aliphatic rings. The molecule has 0 fully saturated rings. The summed E-state index contributed by atoms with van der Waals surface area (Å²) in [7, 11) is 0. The van der Waals surface area contributed by atoms with Gasteiger partial charge in [-0.3, -0.25) is 9.59 Å². The minimum absolute atomic E-state index is 0.161. The smallest absolute Gasteiger partial charge is 0.338 e. The van der Waals surface area contributed by atoms with Crippen LogP contribution in [0.3, 0.4) is 0 Å². The highest BCUT2D eigenvalue weighted by Gasteiger charge is 2.16. The van der Waals surface area contributed by atoms with Crippen LogP contribution in [-0.4, -0.2) is 29.5 Å². The second-order valence-corrected chi connectivity index (χ2v) is 6.64.